The van der Waals surface area contributed by atoms with Gasteiger partial charge in [0.15, 0.2) is 0 Å². The first-order valence-electron chi connectivity index (χ1n) is 11.4. The summed E-state index contributed by atoms with van der Waals surface area (Å²) < 4.78 is 0. The summed E-state index contributed by atoms with van der Waals surface area (Å²) in [4.78, 5) is 0. The van der Waals surface area contributed by atoms with Gasteiger partial charge < -0.3 is 0 Å². The van der Waals surface area contributed by atoms with Crippen molar-refractivity contribution < 1.29 is 0 Å². The fourth-order valence-electron chi connectivity index (χ4n) is 1.00. The first kappa shape index (κ1) is 37.5. The first-order chi connectivity index (χ1) is 13.0. The number of benzene rings is 1. The second kappa shape index (κ2) is 33.3. The van der Waals surface area contributed by atoms with Gasteiger partial charge in [-0.05, 0) is 25.0 Å². The Labute approximate surface area is 181 Å². The molecule has 2 aliphatic carbocycles. The van der Waals surface area contributed by atoms with Crippen molar-refractivity contribution in [1.29, 1.82) is 0 Å². The third kappa shape index (κ3) is 39.7. The van der Waals surface area contributed by atoms with Crippen molar-refractivity contribution in [2.75, 3.05) is 0 Å². The van der Waals surface area contributed by atoms with E-state index < -0.39 is 0 Å². The molecule has 0 amide bonds. The molecule has 3 rings (SSSR count). The van der Waals surface area contributed by atoms with Crippen LogP contribution in [0.4, 0.5) is 0 Å². The van der Waals surface area contributed by atoms with Gasteiger partial charge in [-0.25, -0.2) is 0 Å². The van der Waals surface area contributed by atoms with Crippen molar-refractivity contribution in [2.45, 2.75) is 122 Å². The summed E-state index contributed by atoms with van der Waals surface area (Å²) in [5.41, 5.74) is 4.48. The predicted octanol–water partition coefficient (Wildman–Crippen LogP) is 11.1. The van der Waals surface area contributed by atoms with Crippen LogP contribution in [0.5, 0.6) is 0 Å². The smallest absolute Gasteiger partial charge is 0.0187 e. The number of allylic oxidation sites excluding steroid dienone is 2. The molecule has 0 aliphatic heterocycles. The van der Waals surface area contributed by atoms with Gasteiger partial charge in [-0.3, -0.25) is 0 Å². The highest BCUT2D eigenvalue weighted by molar-refractivity contribution is 5.75. The zero-order valence-electron chi connectivity index (χ0n) is 20.7. The summed E-state index contributed by atoms with van der Waals surface area (Å²) in [6.07, 6.45) is 10.2. The maximum absolute atomic E-state index is 3.95. The molecule has 1 aromatic carbocycles. The molecule has 28 heavy (non-hydrogen) atoms. The standard InChI is InChI=1S/C12H14.2C3H6.C3H8.3C2H6.CH4/c1-9(2)11(4)12-7-5-10(3)6-8-12;2*1-2-3-1;1-3-2;3*1-2;/h5-8H,1,4H2,2-3H3;2*1-3H2;3H2,1-2H3;3*1-2H3;1H4. The Morgan fingerprint density at radius 3 is 1.14 bits per heavy atom. The Balaban J connectivity index is -0.0000000909. The molecule has 2 aliphatic rings. The van der Waals surface area contributed by atoms with E-state index in [4.69, 9.17) is 0 Å². The lowest BCUT2D eigenvalue weighted by Crippen LogP contribution is -1.83. The summed E-state index contributed by atoms with van der Waals surface area (Å²) in [6, 6.07) is 8.32. The quantitative estimate of drug-likeness (QED) is 0.439. The fourth-order valence-corrected chi connectivity index (χ4v) is 1.00. The fraction of sp³-hybridized carbons (Fsp3) is 0.643. The Morgan fingerprint density at radius 1 is 0.714 bits per heavy atom. The minimum absolute atomic E-state index is 0. The van der Waals surface area contributed by atoms with E-state index in [-0.39, 0.29) is 7.43 Å². The van der Waals surface area contributed by atoms with E-state index in [2.05, 4.69) is 58.2 Å². The molecule has 0 radical (unpaired) electrons. The minimum atomic E-state index is 0. The van der Waals surface area contributed by atoms with Crippen LogP contribution in [0.15, 0.2) is 43.0 Å². The highest BCUT2D eigenvalue weighted by atomic mass is 14.0. The second-order valence-electron chi connectivity index (χ2n) is 5.95. The van der Waals surface area contributed by atoms with Crippen molar-refractivity contribution in [3.8, 4) is 0 Å². The van der Waals surface area contributed by atoms with Gasteiger partial charge >= 0.3 is 0 Å². The van der Waals surface area contributed by atoms with E-state index >= 15 is 0 Å². The molecular formula is C28H56. The lowest BCUT2D eigenvalue weighted by atomic mass is 10.0. The normalized spacial score (nSPS) is 10.5. The highest BCUT2D eigenvalue weighted by Gasteiger charge is 1.97. The van der Waals surface area contributed by atoms with Crippen molar-refractivity contribution in [3.05, 3.63) is 54.1 Å². The monoisotopic (exact) mass is 392 g/mol. The van der Waals surface area contributed by atoms with Gasteiger partial charge in [0.05, 0.1) is 0 Å². The van der Waals surface area contributed by atoms with Crippen LogP contribution in [-0.2, 0) is 0 Å². The number of hydrogen-bond donors (Lipinski definition) is 0. The molecule has 1 aromatic rings. The van der Waals surface area contributed by atoms with Crippen LogP contribution in [0.2, 0.25) is 0 Å². The third-order valence-electron chi connectivity index (χ3n) is 2.62. The Morgan fingerprint density at radius 2 is 0.964 bits per heavy atom. The van der Waals surface area contributed by atoms with Gasteiger partial charge in [-0.15, -0.1) is 0 Å². The van der Waals surface area contributed by atoms with E-state index in [1.807, 2.05) is 48.5 Å². The van der Waals surface area contributed by atoms with E-state index in [9.17, 15) is 0 Å². The van der Waals surface area contributed by atoms with E-state index in [1.54, 1.807) is 0 Å². The van der Waals surface area contributed by atoms with Gasteiger partial charge in [0.1, 0.15) is 0 Å². The largest absolute Gasteiger partial charge is 0.0955 e. The lowest BCUT2D eigenvalue weighted by molar-refractivity contribution is 1.09. The van der Waals surface area contributed by atoms with Gasteiger partial charge in [0.25, 0.3) is 0 Å². The van der Waals surface area contributed by atoms with Gasteiger partial charge in [-0.2, -0.15) is 0 Å². The van der Waals surface area contributed by atoms with Crippen LogP contribution in [0, 0.1) is 6.92 Å². The molecule has 0 aromatic heterocycles. The molecule has 0 nitrogen and oxygen atoms in total. The molecule has 168 valence electrons. The van der Waals surface area contributed by atoms with Crippen LogP contribution < -0.4 is 0 Å². The summed E-state index contributed by atoms with van der Waals surface area (Å²) in [5.74, 6) is 0. The Bertz CT molecular complexity index is 379. The SMILES string of the molecule is C.C1CC1.C1CC1.C=C(C)C(=C)c1ccc(C)cc1.CC.CC.CC.CCC. The Kier molecular flexibility index (Phi) is 44.5. The molecule has 0 N–H and O–H groups in total. The van der Waals surface area contributed by atoms with Crippen molar-refractivity contribution in [1.82, 2.24) is 0 Å². The minimum Gasteiger partial charge on any atom is -0.0955 e. The maximum atomic E-state index is 3.95. The molecule has 0 unspecified atom stereocenters. The van der Waals surface area contributed by atoms with Crippen molar-refractivity contribution >= 4 is 5.57 Å². The summed E-state index contributed by atoms with van der Waals surface area (Å²) in [5, 5.41) is 0. The summed E-state index contributed by atoms with van der Waals surface area (Å²) >= 11 is 0. The molecule has 0 heterocycles. The van der Waals surface area contributed by atoms with Gasteiger partial charge in [-0.1, -0.05) is 156 Å². The van der Waals surface area contributed by atoms with Crippen LogP contribution in [0.1, 0.15) is 126 Å². The van der Waals surface area contributed by atoms with Crippen LogP contribution in [-0.4, -0.2) is 0 Å². The van der Waals surface area contributed by atoms with Crippen LogP contribution in [0.25, 0.3) is 5.57 Å². The van der Waals surface area contributed by atoms with Crippen LogP contribution in [0.3, 0.4) is 0 Å². The maximum Gasteiger partial charge on any atom is -0.0187 e. The molecule has 0 atom stereocenters. The molecule has 0 saturated heterocycles. The van der Waals surface area contributed by atoms with E-state index in [0.29, 0.717) is 0 Å². The topological polar surface area (TPSA) is 0 Å². The third-order valence-corrected chi connectivity index (χ3v) is 2.62. The average molecular weight is 393 g/mol. The second-order valence-corrected chi connectivity index (χ2v) is 5.95. The van der Waals surface area contributed by atoms with Crippen molar-refractivity contribution in [3.63, 3.8) is 0 Å². The number of rotatable bonds is 2. The molecule has 0 spiro atoms. The Hall–Kier alpha value is -1.30. The van der Waals surface area contributed by atoms with Crippen LogP contribution >= 0.6 is 0 Å². The van der Waals surface area contributed by atoms with Gasteiger partial charge in [0.2, 0.25) is 0 Å². The molecule has 2 saturated carbocycles. The summed E-state index contributed by atoms with van der Waals surface area (Å²) in [6.45, 7) is 28.1. The zero-order chi connectivity index (χ0) is 22.1. The molecule has 0 bridgehead atoms. The number of hydrogen-bond acceptors (Lipinski definition) is 0. The van der Waals surface area contributed by atoms with E-state index in [1.165, 1.54) is 50.5 Å². The van der Waals surface area contributed by atoms with Crippen molar-refractivity contribution in [2.24, 2.45) is 0 Å². The highest BCUT2D eigenvalue weighted by Crippen LogP contribution is 2.19. The molecular weight excluding hydrogens is 336 g/mol. The lowest BCUT2D eigenvalue weighted by Gasteiger charge is -2.04. The van der Waals surface area contributed by atoms with E-state index in [0.717, 1.165) is 16.7 Å². The first-order valence-corrected chi connectivity index (χ1v) is 11.4. The zero-order valence-corrected chi connectivity index (χ0v) is 20.7. The molecule has 0 heteroatoms. The predicted molar refractivity (Wildman–Crippen MR) is 139 cm³/mol. The average Bonchev–Trinajstić information content (AvgIpc) is 3.59. The molecule has 2 fully saturated rings. The summed E-state index contributed by atoms with van der Waals surface area (Å²) in [7, 11) is 0. The number of aryl methyl sites for hydroxylation is 1. The van der Waals surface area contributed by atoms with Gasteiger partial charge in [0, 0.05) is 0 Å².